The predicted molar refractivity (Wildman–Crippen MR) is 127 cm³/mol. The van der Waals surface area contributed by atoms with E-state index in [1.807, 2.05) is 52.9 Å². The van der Waals surface area contributed by atoms with Crippen LogP contribution in [0.1, 0.15) is 31.9 Å². The summed E-state index contributed by atoms with van der Waals surface area (Å²) in [5.41, 5.74) is 0.681. The number of carbonyl (C=O) groups is 3. The number of aromatic hydroxyl groups is 1. The summed E-state index contributed by atoms with van der Waals surface area (Å²) in [4.78, 5) is 37.1. The number of hydrogen-bond donors (Lipinski definition) is 4. The molecule has 0 saturated carbocycles. The van der Waals surface area contributed by atoms with E-state index in [4.69, 9.17) is 4.74 Å². The van der Waals surface area contributed by atoms with Crippen LogP contribution in [-0.2, 0) is 27.2 Å². The quantitative estimate of drug-likeness (QED) is 0.372. The molecule has 32 heavy (non-hydrogen) atoms. The van der Waals surface area contributed by atoms with Crippen molar-refractivity contribution in [3.8, 4) is 5.75 Å². The van der Waals surface area contributed by atoms with Crippen LogP contribution >= 0.6 is 22.6 Å². The first-order chi connectivity index (χ1) is 14.9. The molecule has 2 aromatic carbocycles. The molecule has 0 radical (unpaired) electrons. The average Bonchev–Trinajstić information content (AvgIpc) is 2.69. The number of ether oxygens (including phenoxy) is 1. The molecule has 2 rings (SSSR count). The fourth-order valence-corrected chi connectivity index (χ4v) is 3.47. The standard InChI is InChI=1S/C23H27IN2O6/c1-23(2,3)32-22(31)26-17(12-14-7-5-4-6-8-14)20(28)25-18(21(29)30)13-15-9-10-19(27)16(24)11-15/h4-11,17-18,27H,12-13H2,1-3H3,(H,25,28)(H,26,31)(H,29,30)/t17-,18-/m0/s1. The van der Waals surface area contributed by atoms with Crippen LogP contribution in [0, 0.1) is 3.57 Å². The maximum Gasteiger partial charge on any atom is 0.408 e. The zero-order valence-electron chi connectivity index (χ0n) is 18.1. The second-order valence-corrected chi connectivity index (χ2v) is 9.44. The zero-order chi connectivity index (χ0) is 23.9. The molecule has 0 saturated heterocycles. The number of aliphatic carboxylic acids is 1. The summed E-state index contributed by atoms with van der Waals surface area (Å²) in [6.45, 7) is 5.12. The Morgan fingerprint density at radius 1 is 0.969 bits per heavy atom. The van der Waals surface area contributed by atoms with E-state index >= 15 is 0 Å². The number of phenols is 1. The van der Waals surface area contributed by atoms with Crippen molar-refractivity contribution in [2.24, 2.45) is 0 Å². The number of carboxylic acids is 1. The van der Waals surface area contributed by atoms with Crippen molar-refractivity contribution < 1.29 is 29.3 Å². The number of rotatable bonds is 8. The summed E-state index contributed by atoms with van der Waals surface area (Å²) < 4.78 is 5.83. The van der Waals surface area contributed by atoms with Crippen molar-refractivity contribution in [2.45, 2.75) is 51.3 Å². The van der Waals surface area contributed by atoms with Crippen molar-refractivity contribution in [1.29, 1.82) is 0 Å². The van der Waals surface area contributed by atoms with Crippen LogP contribution < -0.4 is 10.6 Å². The molecule has 2 atom stereocenters. The Bertz CT molecular complexity index is 959. The molecular formula is C23H27IN2O6. The Hall–Kier alpha value is -2.82. The van der Waals surface area contributed by atoms with Gasteiger partial charge in [-0.25, -0.2) is 9.59 Å². The normalized spacial score (nSPS) is 13.0. The molecule has 2 amide bonds. The number of benzene rings is 2. The summed E-state index contributed by atoms with van der Waals surface area (Å²) >= 11 is 1.94. The predicted octanol–water partition coefficient (Wildman–Crippen LogP) is 3.24. The number of amides is 2. The highest BCUT2D eigenvalue weighted by atomic mass is 127. The largest absolute Gasteiger partial charge is 0.507 e. The summed E-state index contributed by atoms with van der Waals surface area (Å²) in [6, 6.07) is 11.5. The summed E-state index contributed by atoms with van der Waals surface area (Å²) in [5, 5.41) is 24.4. The Morgan fingerprint density at radius 3 is 2.16 bits per heavy atom. The van der Waals surface area contributed by atoms with Crippen LogP contribution in [0.5, 0.6) is 5.75 Å². The molecule has 0 fully saturated rings. The number of halogens is 1. The number of nitrogens with one attached hydrogen (secondary N) is 2. The lowest BCUT2D eigenvalue weighted by Gasteiger charge is -2.24. The molecule has 8 nitrogen and oxygen atoms in total. The van der Waals surface area contributed by atoms with Crippen LogP contribution in [0.15, 0.2) is 48.5 Å². The van der Waals surface area contributed by atoms with Gasteiger partial charge in [-0.15, -0.1) is 0 Å². The molecule has 0 heterocycles. The molecule has 172 valence electrons. The van der Waals surface area contributed by atoms with Gasteiger partial charge in [0.2, 0.25) is 5.91 Å². The third-order valence-electron chi connectivity index (χ3n) is 4.36. The smallest absolute Gasteiger partial charge is 0.408 e. The van der Waals surface area contributed by atoms with Gasteiger partial charge in [-0.2, -0.15) is 0 Å². The molecule has 0 bridgehead atoms. The molecule has 9 heteroatoms. The van der Waals surface area contributed by atoms with Crippen LogP contribution in [0.2, 0.25) is 0 Å². The van der Waals surface area contributed by atoms with Crippen LogP contribution in [0.4, 0.5) is 4.79 Å². The fourth-order valence-electron chi connectivity index (χ4n) is 2.89. The Morgan fingerprint density at radius 2 is 1.59 bits per heavy atom. The van der Waals surface area contributed by atoms with Gasteiger partial charge in [0.05, 0.1) is 3.57 Å². The van der Waals surface area contributed by atoms with Gasteiger partial charge in [0, 0.05) is 12.8 Å². The van der Waals surface area contributed by atoms with E-state index in [0.717, 1.165) is 5.56 Å². The van der Waals surface area contributed by atoms with Crippen LogP contribution in [-0.4, -0.2) is 45.9 Å². The van der Waals surface area contributed by atoms with Crippen molar-refractivity contribution >= 4 is 40.6 Å². The summed E-state index contributed by atoms with van der Waals surface area (Å²) in [7, 11) is 0. The topological polar surface area (TPSA) is 125 Å². The minimum Gasteiger partial charge on any atom is -0.507 e. The lowest BCUT2D eigenvalue weighted by Crippen LogP contribution is -2.53. The van der Waals surface area contributed by atoms with Crippen molar-refractivity contribution in [3.05, 3.63) is 63.2 Å². The van der Waals surface area contributed by atoms with E-state index < -0.39 is 35.7 Å². The number of carbonyl (C=O) groups excluding carboxylic acids is 2. The number of carboxylic acid groups (broad SMARTS) is 1. The van der Waals surface area contributed by atoms with Gasteiger partial charge in [-0.1, -0.05) is 36.4 Å². The molecule has 2 aromatic rings. The SMILES string of the molecule is CC(C)(C)OC(=O)N[C@@H](Cc1ccccc1)C(=O)N[C@@H](Cc1ccc(O)c(I)c1)C(=O)O. The Labute approximate surface area is 200 Å². The van der Waals surface area contributed by atoms with Gasteiger partial charge in [-0.3, -0.25) is 4.79 Å². The molecule has 0 spiro atoms. The molecule has 0 unspecified atom stereocenters. The van der Waals surface area contributed by atoms with Gasteiger partial charge in [0.25, 0.3) is 0 Å². The van der Waals surface area contributed by atoms with Gasteiger partial charge >= 0.3 is 12.1 Å². The highest BCUT2D eigenvalue weighted by Crippen LogP contribution is 2.21. The first kappa shape index (κ1) is 25.4. The first-order valence-electron chi connectivity index (χ1n) is 9.98. The Balaban J connectivity index is 2.18. The summed E-state index contributed by atoms with van der Waals surface area (Å²) in [5.74, 6) is -1.76. The van der Waals surface area contributed by atoms with Crippen LogP contribution in [0.25, 0.3) is 0 Å². The van der Waals surface area contributed by atoms with E-state index in [1.165, 1.54) is 6.07 Å². The lowest BCUT2D eigenvalue weighted by atomic mass is 10.0. The molecule has 0 aliphatic carbocycles. The van der Waals surface area contributed by atoms with Gasteiger partial charge < -0.3 is 25.6 Å². The second-order valence-electron chi connectivity index (χ2n) is 8.28. The van der Waals surface area contributed by atoms with E-state index in [1.54, 1.807) is 32.9 Å². The van der Waals surface area contributed by atoms with E-state index in [0.29, 0.717) is 9.13 Å². The molecule has 4 N–H and O–H groups in total. The minimum atomic E-state index is -1.22. The van der Waals surface area contributed by atoms with Crippen molar-refractivity contribution in [3.63, 3.8) is 0 Å². The van der Waals surface area contributed by atoms with Crippen LogP contribution in [0.3, 0.4) is 0 Å². The lowest BCUT2D eigenvalue weighted by molar-refractivity contribution is -0.142. The molecule has 0 aliphatic heterocycles. The second kappa shape index (κ2) is 11.2. The van der Waals surface area contributed by atoms with Crippen molar-refractivity contribution in [1.82, 2.24) is 10.6 Å². The van der Waals surface area contributed by atoms with Gasteiger partial charge in [-0.05, 0) is 66.6 Å². The number of hydrogen-bond acceptors (Lipinski definition) is 5. The number of alkyl carbamates (subject to hydrolysis) is 1. The minimum absolute atomic E-state index is 0.0157. The van der Waals surface area contributed by atoms with E-state index in [-0.39, 0.29) is 18.6 Å². The molecule has 0 aliphatic rings. The summed E-state index contributed by atoms with van der Waals surface area (Å²) in [6.07, 6.45) is -0.592. The van der Waals surface area contributed by atoms with E-state index in [2.05, 4.69) is 10.6 Å². The third kappa shape index (κ3) is 8.37. The maximum atomic E-state index is 13.0. The number of phenolic OH excluding ortho intramolecular Hbond substituents is 1. The molecular weight excluding hydrogens is 527 g/mol. The van der Waals surface area contributed by atoms with Gasteiger partial charge in [0.1, 0.15) is 23.4 Å². The highest BCUT2D eigenvalue weighted by molar-refractivity contribution is 14.1. The zero-order valence-corrected chi connectivity index (χ0v) is 20.3. The third-order valence-corrected chi connectivity index (χ3v) is 5.22. The van der Waals surface area contributed by atoms with Gasteiger partial charge in [0.15, 0.2) is 0 Å². The Kier molecular flexibility index (Phi) is 8.88. The average molecular weight is 554 g/mol. The van der Waals surface area contributed by atoms with E-state index in [9.17, 15) is 24.6 Å². The first-order valence-corrected chi connectivity index (χ1v) is 11.1. The fraction of sp³-hybridized carbons (Fsp3) is 0.348. The van der Waals surface area contributed by atoms with Crippen molar-refractivity contribution in [2.75, 3.05) is 0 Å². The maximum absolute atomic E-state index is 13.0. The monoisotopic (exact) mass is 554 g/mol. The molecule has 0 aromatic heterocycles. The highest BCUT2D eigenvalue weighted by Gasteiger charge is 2.28.